The van der Waals surface area contributed by atoms with Crippen molar-refractivity contribution in [1.29, 1.82) is 5.41 Å². The van der Waals surface area contributed by atoms with Gasteiger partial charge in [-0.3, -0.25) is 5.41 Å². The monoisotopic (exact) mass is 237 g/mol. The van der Waals surface area contributed by atoms with E-state index in [0.29, 0.717) is 22.1 Å². The van der Waals surface area contributed by atoms with Crippen LogP contribution in [0.1, 0.15) is 12.5 Å². The molecule has 1 aromatic rings. The number of pyridine rings is 1. The van der Waals surface area contributed by atoms with Gasteiger partial charge in [0.1, 0.15) is 5.71 Å². The van der Waals surface area contributed by atoms with Crippen LogP contribution in [0.3, 0.4) is 0 Å². The number of rotatable bonds is 0. The summed E-state index contributed by atoms with van der Waals surface area (Å²) < 4.78 is 0. The summed E-state index contributed by atoms with van der Waals surface area (Å²) in [7, 11) is 1.88. The molecule has 16 heavy (non-hydrogen) atoms. The SMILES string of the molecule is CC1/C(=N/N)C(=N)c2ccnc(Cl)c2N1C. The number of anilines is 1. The standard InChI is InChI=1S/C10H12ClN5/c1-5-8(15-13)7(12)6-3-4-14-10(11)9(6)16(5)2/h3-5,12H,13H2,1-2H3/b12-7?,15-8-. The lowest BCUT2D eigenvalue weighted by molar-refractivity contribution is 0.847. The van der Waals surface area contributed by atoms with Crippen LogP contribution in [-0.2, 0) is 0 Å². The largest absolute Gasteiger partial charge is 0.363 e. The molecule has 1 aromatic heterocycles. The fourth-order valence-corrected chi connectivity index (χ4v) is 2.15. The molecule has 84 valence electrons. The van der Waals surface area contributed by atoms with Gasteiger partial charge in [-0.2, -0.15) is 5.10 Å². The first-order valence-corrected chi connectivity index (χ1v) is 5.20. The fourth-order valence-electron chi connectivity index (χ4n) is 1.86. The number of halogens is 1. The Labute approximate surface area is 98.4 Å². The normalized spacial score (nSPS) is 22.4. The number of aromatic nitrogens is 1. The van der Waals surface area contributed by atoms with Crippen LogP contribution in [-0.4, -0.2) is 29.5 Å². The molecular weight excluding hydrogens is 226 g/mol. The Morgan fingerprint density at radius 3 is 2.94 bits per heavy atom. The molecule has 0 saturated carbocycles. The third kappa shape index (κ3) is 1.36. The van der Waals surface area contributed by atoms with Gasteiger partial charge in [0, 0.05) is 18.8 Å². The smallest absolute Gasteiger partial charge is 0.152 e. The number of hydrogen-bond acceptors (Lipinski definition) is 5. The van der Waals surface area contributed by atoms with Gasteiger partial charge in [-0.25, -0.2) is 4.98 Å². The summed E-state index contributed by atoms with van der Waals surface area (Å²) in [5.74, 6) is 5.31. The maximum atomic E-state index is 8.02. The maximum Gasteiger partial charge on any atom is 0.152 e. The number of nitrogens with two attached hydrogens (primary N) is 1. The van der Waals surface area contributed by atoms with Crippen LogP contribution in [0.25, 0.3) is 0 Å². The van der Waals surface area contributed by atoms with Crippen LogP contribution >= 0.6 is 11.6 Å². The van der Waals surface area contributed by atoms with Gasteiger partial charge in [-0.15, -0.1) is 0 Å². The van der Waals surface area contributed by atoms with E-state index in [1.54, 1.807) is 12.3 Å². The average Bonchev–Trinajstić information content (AvgIpc) is 2.27. The molecule has 1 aliphatic heterocycles. The number of hydrogen-bond donors (Lipinski definition) is 2. The predicted molar refractivity (Wildman–Crippen MR) is 65.6 cm³/mol. The maximum absolute atomic E-state index is 8.02. The van der Waals surface area contributed by atoms with E-state index in [4.69, 9.17) is 22.9 Å². The van der Waals surface area contributed by atoms with E-state index < -0.39 is 0 Å². The molecule has 0 spiro atoms. The van der Waals surface area contributed by atoms with Crippen molar-refractivity contribution < 1.29 is 0 Å². The molecule has 1 unspecified atom stereocenters. The van der Waals surface area contributed by atoms with Gasteiger partial charge in [-0.1, -0.05) is 11.6 Å². The van der Waals surface area contributed by atoms with Crippen molar-refractivity contribution in [1.82, 2.24) is 4.98 Å². The first-order valence-electron chi connectivity index (χ1n) is 4.82. The summed E-state index contributed by atoms with van der Waals surface area (Å²) >= 11 is 6.04. The highest BCUT2D eigenvalue weighted by atomic mass is 35.5. The molecule has 0 saturated heterocycles. The lowest BCUT2D eigenvalue weighted by Crippen LogP contribution is -2.45. The lowest BCUT2D eigenvalue weighted by atomic mass is 9.94. The van der Waals surface area contributed by atoms with Crippen molar-refractivity contribution >= 4 is 28.7 Å². The summed E-state index contributed by atoms with van der Waals surface area (Å²) in [6.45, 7) is 1.92. The van der Waals surface area contributed by atoms with E-state index in [2.05, 4.69) is 10.1 Å². The van der Waals surface area contributed by atoms with E-state index >= 15 is 0 Å². The van der Waals surface area contributed by atoms with Crippen molar-refractivity contribution in [2.24, 2.45) is 10.9 Å². The van der Waals surface area contributed by atoms with E-state index in [9.17, 15) is 0 Å². The minimum atomic E-state index is -0.0771. The summed E-state index contributed by atoms with van der Waals surface area (Å²) in [6, 6.07) is 1.67. The summed E-state index contributed by atoms with van der Waals surface area (Å²) in [4.78, 5) is 5.94. The Bertz CT molecular complexity index is 482. The third-order valence-electron chi connectivity index (χ3n) is 2.87. The number of hydrazone groups is 1. The Balaban J connectivity index is 2.69. The van der Waals surface area contributed by atoms with Gasteiger partial charge in [-0.05, 0) is 13.0 Å². The Morgan fingerprint density at radius 2 is 2.31 bits per heavy atom. The molecule has 6 heteroatoms. The van der Waals surface area contributed by atoms with Crippen molar-refractivity contribution in [3.8, 4) is 0 Å². The van der Waals surface area contributed by atoms with Crippen LogP contribution < -0.4 is 10.7 Å². The van der Waals surface area contributed by atoms with Crippen LogP contribution in [0.2, 0.25) is 5.15 Å². The van der Waals surface area contributed by atoms with Crippen LogP contribution in [0, 0.1) is 5.41 Å². The summed E-state index contributed by atoms with van der Waals surface area (Å²) in [5.41, 5.74) is 2.34. The molecular formula is C10H12ClN5. The first kappa shape index (κ1) is 10.9. The second-order valence-corrected chi connectivity index (χ2v) is 4.03. The Hall–Kier alpha value is -1.62. The highest BCUT2D eigenvalue weighted by molar-refractivity contribution is 6.52. The molecule has 2 heterocycles. The minimum absolute atomic E-state index is 0.0771. The van der Waals surface area contributed by atoms with Gasteiger partial charge in [0.25, 0.3) is 0 Å². The van der Waals surface area contributed by atoms with Crippen LogP contribution in [0.5, 0.6) is 0 Å². The molecule has 1 aliphatic rings. The van der Waals surface area contributed by atoms with Gasteiger partial charge in [0.05, 0.1) is 17.4 Å². The van der Waals surface area contributed by atoms with Crippen molar-refractivity contribution in [2.45, 2.75) is 13.0 Å². The highest BCUT2D eigenvalue weighted by Crippen LogP contribution is 2.33. The summed E-state index contributed by atoms with van der Waals surface area (Å²) in [6.07, 6.45) is 1.58. The van der Waals surface area contributed by atoms with Crippen molar-refractivity contribution in [3.63, 3.8) is 0 Å². The highest BCUT2D eigenvalue weighted by Gasteiger charge is 2.31. The quantitative estimate of drug-likeness (QED) is 0.405. The van der Waals surface area contributed by atoms with Crippen molar-refractivity contribution in [2.75, 3.05) is 11.9 Å². The zero-order valence-corrected chi connectivity index (χ0v) is 9.78. The van der Waals surface area contributed by atoms with E-state index in [-0.39, 0.29) is 6.04 Å². The average molecular weight is 238 g/mol. The minimum Gasteiger partial charge on any atom is -0.363 e. The van der Waals surface area contributed by atoms with Gasteiger partial charge < -0.3 is 10.7 Å². The number of nitrogens with zero attached hydrogens (tertiary/aromatic N) is 3. The zero-order valence-electron chi connectivity index (χ0n) is 9.03. The molecule has 0 aromatic carbocycles. The van der Waals surface area contributed by atoms with E-state index in [0.717, 1.165) is 5.69 Å². The van der Waals surface area contributed by atoms with E-state index in [1.165, 1.54) is 0 Å². The molecule has 0 aliphatic carbocycles. The van der Waals surface area contributed by atoms with Crippen LogP contribution in [0.4, 0.5) is 5.69 Å². The van der Waals surface area contributed by atoms with Crippen molar-refractivity contribution in [3.05, 3.63) is 23.0 Å². The number of fused-ring (bicyclic) bond motifs is 1. The second-order valence-electron chi connectivity index (χ2n) is 3.67. The lowest BCUT2D eigenvalue weighted by Gasteiger charge is -2.34. The topological polar surface area (TPSA) is 78.4 Å². The fraction of sp³-hybridized carbons (Fsp3) is 0.300. The van der Waals surface area contributed by atoms with Gasteiger partial charge in [0.15, 0.2) is 5.15 Å². The summed E-state index contributed by atoms with van der Waals surface area (Å²) in [5, 5.41) is 12.1. The molecule has 0 bridgehead atoms. The van der Waals surface area contributed by atoms with E-state index in [1.807, 2.05) is 18.9 Å². The molecule has 2 rings (SSSR count). The molecule has 0 amide bonds. The third-order valence-corrected chi connectivity index (χ3v) is 3.15. The Kier molecular flexibility index (Phi) is 2.55. The first-order chi connectivity index (χ1) is 7.57. The molecule has 5 nitrogen and oxygen atoms in total. The van der Waals surface area contributed by atoms with Gasteiger partial charge >= 0.3 is 0 Å². The predicted octanol–water partition coefficient (Wildman–Crippen LogP) is 1.26. The van der Waals surface area contributed by atoms with Crippen LogP contribution in [0.15, 0.2) is 17.4 Å². The zero-order chi connectivity index (χ0) is 11.9. The second kappa shape index (κ2) is 3.75. The molecule has 3 N–H and O–H groups in total. The Morgan fingerprint density at radius 1 is 1.62 bits per heavy atom. The molecule has 0 fully saturated rings. The molecule has 0 radical (unpaired) electrons. The number of nitrogens with one attached hydrogen (secondary N) is 1. The van der Waals surface area contributed by atoms with Gasteiger partial charge in [0.2, 0.25) is 0 Å². The molecule has 1 atom stereocenters.